The molecule has 4 nitrogen and oxygen atoms in total. The van der Waals surface area contributed by atoms with Crippen LogP contribution in [0.3, 0.4) is 0 Å². The molecule has 1 aliphatic carbocycles. The van der Waals surface area contributed by atoms with Gasteiger partial charge >= 0.3 is 6.18 Å². The second-order valence-electron chi connectivity index (χ2n) is 5.05. The van der Waals surface area contributed by atoms with E-state index in [2.05, 4.69) is 10.6 Å². The number of halogens is 3. The molecular formula is C15H15F3N2O2. The van der Waals surface area contributed by atoms with Gasteiger partial charge in [-0.05, 0) is 37.1 Å². The maximum atomic E-state index is 12.1. The lowest BCUT2D eigenvalue weighted by Gasteiger charge is -2.11. The zero-order valence-electron chi connectivity index (χ0n) is 11.6. The molecule has 22 heavy (non-hydrogen) atoms. The van der Waals surface area contributed by atoms with Crippen molar-refractivity contribution in [3.8, 4) is 0 Å². The summed E-state index contributed by atoms with van der Waals surface area (Å²) in [5.41, 5.74) is 0.778. The summed E-state index contributed by atoms with van der Waals surface area (Å²) in [5, 5.41) is 4.88. The Labute approximate surface area is 125 Å². The Kier molecular flexibility index (Phi) is 4.85. The molecule has 0 unspecified atom stereocenters. The fourth-order valence-corrected chi connectivity index (χ4v) is 2.10. The molecule has 0 aromatic heterocycles. The summed E-state index contributed by atoms with van der Waals surface area (Å²) in [6, 6.07) is 5.94. The van der Waals surface area contributed by atoms with Gasteiger partial charge in [-0.25, -0.2) is 0 Å². The SMILES string of the molecule is O=C(CC(F)(F)F)Nc1ccc(NC(=O)C2CC=CC2)cc1. The summed E-state index contributed by atoms with van der Waals surface area (Å²) < 4.78 is 36.2. The van der Waals surface area contributed by atoms with Crippen molar-refractivity contribution in [2.24, 2.45) is 5.92 Å². The molecule has 2 amide bonds. The Hall–Kier alpha value is -2.31. The Morgan fingerprint density at radius 1 is 1.00 bits per heavy atom. The van der Waals surface area contributed by atoms with E-state index in [4.69, 9.17) is 0 Å². The van der Waals surface area contributed by atoms with Gasteiger partial charge in [0, 0.05) is 17.3 Å². The van der Waals surface area contributed by atoms with Gasteiger partial charge in [0.15, 0.2) is 0 Å². The van der Waals surface area contributed by atoms with Gasteiger partial charge in [-0.15, -0.1) is 0 Å². The summed E-state index contributed by atoms with van der Waals surface area (Å²) in [6.07, 6.45) is -0.755. The molecule has 7 heteroatoms. The van der Waals surface area contributed by atoms with Crippen LogP contribution in [0.15, 0.2) is 36.4 Å². The van der Waals surface area contributed by atoms with E-state index < -0.39 is 18.5 Å². The maximum absolute atomic E-state index is 12.1. The van der Waals surface area contributed by atoms with Gasteiger partial charge in [-0.1, -0.05) is 12.2 Å². The maximum Gasteiger partial charge on any atom is 0.397 e. The second-order valence-corrected chi connectivity index (χ2v) is 5.05. The Morgan fingerprint density at radius 3 is 2.00 bits per heavy atom. The van der Waals surface area contributed by atoms with E-state index in [9.17, 15) is 22.8 Å². The van der Waals surface area contributed by atoms with Crippen molar-refractivity contribution in [3.63, 3.8) is 0 Å². The molecule has 118 valence electrons. The number of benzene rings is 1. The minimum Gasteiger partial charge on any atom is -0.326 e. The van der Waals surface area contributed by atoms with Crippen LogP contribution in [0.4, 0.5) is 24.5 Å². The first-order valence-electron chi connectivity index (χ1n) is 6.76. The molecule has 0 atom stereocenters. The fraction of sp³-hybridized carbons (Fsp3) is 0.333. The zero-order chi connectivity index (χ0) is 16.2. The first-order chi connectivity index (χ1) is 10.3. The average Bonchev–Trinajstić information content (AvgIpc) is 2.92. The molecule has 1 aliphatic rings. The van der Waals surface area contributed by atoms with Gasteiger partial charge in [-0.3, -0.25) is 9.59 Å². The fourth-order valence-electron chi connectivity index (χ4n) is 2.10. The molecule has 0 heterocycles. The van der Waals surface area contributed by atoms with Gasteiger partial charge < -0.3 is 10.6 Å². The molecule has 2 N–H and O–H groups in total. The molecular weight excluding hydrogens is 297 g/mol. The highest BCUT2D eigenvalue weighted by Gasteiger charge is 2.31. The number of carbonyl (C=O) groups excluding carboxylic acids is 2. The highest BCUT2D eigenvalue weighted by atomic mass is 19.4. The first kappa shape index (κ1) is 16.1. The van der Waals surface area contributed by atoms with E-state index in [1.54, 1.807) is 0 Å². The normalized spacial score (nSPS) is 14.9. The van der Waals surface area contributed by atoms with Crippen molar-refractivity contribution in [1.29, 1.82) is 0 Å². The molecule has 1 aromatic carbocycles. The van der Waals surface area contributed by atoms with Crippen LogP contribution in [0.2, 0.25) is 0 Å². The molecule has 0 radical (unpaired) electrons. The molecule has 0 bridgehead atoms. The molecule has 1 aromatic rings. The van der Waals surface area contributed by atoms with Crippen LogP contribution in [0.1, 0.15) is 19.3 Å². The van der Waals surface area contributed by atoms with E-state index >= 15 is 0 Å². The van der Waals surface area contributed by atoms with E-state index in [0.29, 0.717) is 18.5 Å². The number of alkyl halides is 3. The largest absolute Gasteiger partial charge is 0.397 e. The molecule has 2 rings (SSSR count). The topological polar surface area (TPSA) is 58.2 Å². The van der Waals surface area contributed by atoms with Crippen molar-refractivity contribution in [1.82, 2.24) is 0 Å². The number of hydrogen-bond donors (Lipinski definition) is 2. The van der Waals surface area contributed by atoms with Crippen molar-refractivity contribution in [3.05, 3.63) is 36.4 Å². The van der Waals surface area contributed by atoms with Gasteiger partial charge in [-0.2, -0.15) is 13.2 Å². The summed E-state index contributed by atoms with van der Waals surface area (Å²) in [7, 11) is 0. The third-order valence-corrected chi connectivity index (χ3v) is 3.18. The Balaban J connectivity index is 1.87. The zero-order valence-corrected chi connectivity index (χ0v) is 11.6. The van der Waals surface area contributed by atoms with Crippen LogP contribution < -0.4 is 10.6 Å². The van der Waals surface area contributed by atoms with Gasteiger partial charge in [0.25, 0.3) is 0 Å². The van der Waals surface area contributed by atoms with Crippen molar-refractivity contribution in [2.45, 2.75) is 25.4 Å². The number of anilines is 2. The van der Waals surface area contributed by atoms with Crippen LogP contribution in [-0.2, 0) is 9.59 Å². The van der Waals surface area contributed by atoms with Crippen molar-refractivity contribution in [2.75, 3.05) is 10.6 Å². The summed E-state index contributed by atoms with van der Waals surface area (Å²) in [4.78, 5) is 23.0. The first-order valence-corrected chi connectivity index (χ1v) is 6.76. The number of carbonyl (C=O) groups is 2. The predicted octanol–water partition coefficient (Wildman–Crippen LogP) is 3.48. The summed E-state index contributed by atoms with van der Waals surface area (Å²) in [5.74, 6) is -1.30. The molecule has 0 fully saturated rings. The monoisotopic (exact) mass is 312 g/mol. The van der Waals surface area contributed by atoms with Crippen LogP contribution >= 0.6 is 0 Å². The van der Waals surface area contributed by atoms with Crippen LogP contribution in [0.5, 0.6) is 0 Å². The number of nitrogens with one attached hydrogen (secondary N) is 2. The Morgan fingerprint density at radius 2 is 1.50 bits per heavy atom. The van der Waals surface area contributed by atoms with Gasteiger partial charge in [0.2, 0.25) is 11.8 Å². The summed E-state index contributed by atoms with van der Waals surface area (Å²) >= 11 is 0. The Bertz CT molecular complexity index is 571. The smallest absolute Gasteiger partial charge is 0.326 e. The van der Waals surface area contributed by atoms with E-state index in [-0.39, 0.29) is 17.5 Å². The second kappa shape index (κ2) is 6.64. The minimum atomic E-state index is -4.53. The lowest BCUT2D eigenvalue weighted by Crippen LogP contribution is -2.21. The van der Waals surface area contributed by atoms with Crippen molar-refractivity contribution >= 4 is 23.2 Å². The number of rotatable bonds is 4. The predicted molar refractivity (Wildman–Crippen MR) is 76.2 cm³/mol. The molecule has 0 saturated carbocycles. The standard InChI is InChI=1S/C15H15F3N2O2/c16-15(17,18)9-13(21)19-11-5-7-12(8-6-11)20-14(22)10-3-1-2-4-10/h1-2,5-8,10H,3-4,9H2,(H,19,21)(H,20,22). The van der Waals surface area contributed by atoms with Gasteiger partial charge in [0.1, 0.15) is 6.42 Å². The van der Waals surface area contributed by atoms with Crippen LogP contribution in [0, 0.1) is 5.92 Å². The molecule has 0 spiro atoms. The van der Waals surface area contributed by atoms with Crippen molar-refractivity contribution < 1.29 is 22.8 Å². The highest BCUT2D eigenvalue weighted by molar-refractivity contribution is 5.94. The van der Waals surface area contributed by atoms with Crippen LogP contribution in [-0.4, -0.2) is 18.0 Å². The molecule has 0 saturated heterocycles. The minimum absolute atomic E-state index is 0.0776. The average molecular weight is 312 g/mol. The third-order valence-electron chi connectivity index (χ3n) is 3.18. The highest BCUT2D eigenvalue weighted by Crippen LogP contribution is 2.22. The summed E-state index contributed by atoms with van der Waals surface area (Å²) in [6.45, 7) is 0. The van der Waals surface area contributed by atoms with Crippen LogP contribution in [0.25, 0.3) is 0 Å². The third kappa shape index (κ3) is 4.91. The number of amides is 2. The number of allylic oxidation sites excluding steroid dienone is 2. The van der Waals surface area contributed by atoms with E-state index in [0.717, 1.165) is 0 Å². The van der Waals surface area contributed by atoms with E-state index in [1.807, 2.05) is 12.2 Å². The van der Waals surface area contributed by atoms with E-state index in [1.165, 1.54) is 24.3 Å². The molecule has 0 aliphatic heterocycles. The lowest BCUT2D eigenvalue weighted by molar-refractivity contribution is -0.150. The lowest BCUT2D eigenvalue weighted by atomic mass is 10.1. The quantitative estimate of drug-likeness (QED) is 0.836. The number of hydrogen-bond acceptors (Lipinski definition) is 2. The van der Waals surface area contributed by atoms with Gasteiger partial charge in [0.05, 0.1) is 0 Å².